The normalized spacial score (nSPS) is 17.5. The fourth-order valence-electron chi connectivity index (χ4n) is 2.09. The third-order valence-electron chi connectivity index (χ3n) is 3.27. The number of carbonyl (C=O) groups is 2. The van der Waals surface area contributed by atoms with Crippen LogP contribution in [0.4, 0.5) is 0 Å². The average Bonchev–Trinajstić information content (AvgIpc) is 2.38. The fourth-order valence-corrected chi connectivity index (χ4v) is 2.09. The highest BCUT2D eigenvalue weighted by Gasteiger charge is 2.21. The first-order chi connectivity index (χ1) is 9.01. The maximum absolute atomic E-state index is 11.7. The lowest BCUT2D eigenvalue weighted by Gasteiger charge is -2.31. The number of amides is 2. The lowest BCUT2D eigenvalue weighted by Crippen LogP contribution is -2.49. The molecule has 0 aliphatic carbocycles. The van der Waals surface area contributed by atoms with E-state index >= 15 is 0 Å². The molecule has 0 saturated carbocycles. The molecular weight excluding hydrogens is 244 g/mol. The maximum atomic E-state index is 11.7. The van der Waals surface area contributed by atoms with E-state index < -0.39 is 0 Å². The minimum Gasteiger partial charge on any atom is -0.358 e. The minimum atomic E-state index is 0.0450. The molecule has 0 bridgehead atoms. The Morgan fingerprint density at radius 1 is 1.21 bits per heavy atom. The second-order valence-corrected chi connectivity index (χ2v) is 5.33. The van der Waals surface area contributed by atoms with Crippen LogP contribution in [0, 0.1) is 0 Å². The number of hydrogen-bond acceptors (Lipinski definition) is 4. The van der Waals surface area contributed by atoms with Crippen molar-refractivity contribution in [3.63, 3.8) is 0 Å². The first-order valence-corrected chi connectivity index (χ1v) is 6.97. The van der Waals surface area contributed by atoms with Gasteiger partial charge in [0.2, 0.25) is 11.8 Å². The molecular formula is C13H26N4O2. The molecule has 0 spiro atoms. The summed E-state index contributed by atoms with van der Waals surface area (Å²) in [5.41, 5.74) is 0. The van der Waals surface area contributed by atoms with Gasteiger partial charge in [-0.05, 0) is 12.8 Å². The lowest BCUT2D eigenvalue weighted by atomic mass is 10.1. The van der Waals surface area contributed by atoms with Crippen molar-refractivity contribution in [1.82, 2.24) is 20.9 Å². The van der Waals surface area contributed by atoms with Gasteiger partial charge in [0.05, 0.1) is 13.1 Å². The number of likely N-dealkylation sites (tertiary alicyclic amines) is 1. The Hall–Kier alpha value is -1.14. The summed E-state index contributed by atoms with van der Waals surface area (Å²) in [6.45, 7) is 6.57. The first-order valence-electron chi connectivity index (χ1n) is 6.97. The van der Waals surface area contributed by atoms with Gasteiger partial charge in [-0.15, -0.1) is 0 Å². The third kappa shape index (κ3) is 6.54. The summed E-state index contributed by atoms with van der Waals surface area (Å²) >= 11 is 0. The van der Waals surface area contributed by atoms with Crippen LogP contribution in [-0.4, -0.2) is 62.0 Å². The zero-order valence-corrected chi connectivity index (χ0v) is 12.2. The summed E-state index contributed by atoms with van der Waals surface area (Å²) in [6, 6.07) is 0.558. The monoisotopic (exact) mass is 270 g/mol. The summed E-state index contributed by atoms with van der Waals surface area (Å²) < 4.78 is 0. The average molecular weight is 270 g/mol. The topological polar surface area (TPSA) is 73.5 Å². The number of nitrogens with one attached hydrogen (secondary N) is 3. The molecule has 1 saturated heterocycles. The molecule has 1 fully saturated rings. The molecule has 0 aromatic rings. The first kappa shape index (κ1) is 15.9. The third-order valence-corrected chi connectivity index (χ3v) is 3.27. The van der Waals surface area contributed by atoms with Gasteiger partial charge in [0.25, 0.3) is 0 Å². The van der Waals surface area contributed by atoms with E-state index in [-0.39, 0.29) is 17.9 Å². The number of nitrogens with zero attached hydrogens (tertiary/aromatic N) is 1. The Morgan fingerprint density at radius 2 is 1.84 bits per heavy atom. The SMILES string of the molecule is CNC(=O)CN1CCC(NC(=O)CNC(C)C)CC1. The van der Waals surface area contributed by atoms with E-state index in [1.54, 1.807) is 7.05 Å². The summed E-state index contributed by atoms with van der Waals surface area (Å²) in [5, 5.41) is 8.76. The summed E-state index contributed by atoms with van der Waals surface area (Å²) in [4.78, 5) is 25.0. The molecule has 6 heteroatoms. The van der Waals surface area contributed by atoms with E-state index in [0.717, 1.165) is 25.9 Å². The quantitative estimate of drug-likeness (QED) is 0.597. The van der Waals surface area contributed by atoms with Crippen LogP contribution >= 0.6 is 0 Å². The van der Waals surface area contributed by atoms with Gasteiger partial charge >= 0.3 is 0 Å². The van der Waals surface area contributed by atoms with Gasteiger partial charge in [-0.1, -0.05) is 13.8 Å². The molecule has 1 heterocycles. The van der Waals surface area contributed by atoms with Crippen LogP contribution in [0.2, 0.25) is 0 Å². The zero-order chi connectivity index (χ0) is 14.3. The van der Waals surface area contributed by atoms with Gasteiger partial charge in [-0.25, -0.2) is 0 Å². The molecule has 2 amide bonds. The largest absolute Gasteiger partial charge is 0.358 e. The molecule has 19 heavy (non-hydrogen) atoms. The molecule has 1 aliphatic heterocycles. The van der Waals surface area contributed by atoms with Crippen molar-refractivity contribution in [2.75, 3.05) is 33.2 Å². The Balaban J connectivity index is 2.19. The summed E-state index contributed by atoms with van der Waals surface area (Å²) in [7, 11) is 1.65. The molecule has 3 N–H and O–H groups in total. The van der Waals surface area contributed by atoms with Crippen molar-refractivity contribution < 1.29 is 9.59 Å². The number of carbonyl (C=O) groups excluding carboxylic acids is 2. The maximum Gasteiger partial charge on any atom is 0.234 e. The number of likely N-dealkylation sites (N-methyl/N-ethyl adjacent to an activating group) is 1. The van der Waals surface area contributed by atoms with Gasteiger partial charge in [0.15, 0.2) is 0 Å². The van der Waals surface area contributed by atoms with E-state index in [1.807, 2.05) is 13.8 Å². The molecule has 0 unspecified atom stereocenters. The van der Waals surface area contributed by atoms with Crippen molar-refractivity contribution in [1.29, 1.82) is 0 Å². The standard InChI is InChI=1S/C13H26N4O2/c1-10(2)15-8-12(18)16-11-4-6-17(7-5-11)9-13(19)14-3/h10-11,15H,4-9H2,1-3H3,(H,14,19)(H,16,18). The molecule has 110 valence electrons. The minimum absolute atomic E-state index is 0.0450. The molecule has 0 radical (unpaired) electrons. The Bertz CT molecular complexity index is 299. The zero-order valence-electron chi connectivity index (χ0n) is 12.2. The summed E-state index contributed by atoms with van der Waals surface area (Å²) in [5.74, 6) is 0.0991. The van der Waals surface area contributed by atoms with Gasteiger partial charge in [0.1, 0.15) is 0 Å². The van der Waals surface area contributed by atoms with Crippen LogP contribution in [0.5, 0.6) is 0 Å². The Labute approximate surface area is 115 Å². The van der Waals surface area contributed by atoms with E-state index in [1.165, 1.54) is 0 Å². The molecule has 0 atom stereocenters. The van der Waals surface area contributed by atoms with Crippen molar-refractivity contribution >= 4 is 11.8 Å². The van der Waals surface area contributed by atoms with E-state index in [4.69, 9.17) is 0 Å². The number of piperidine rings is 1. The van der Waals surface area contributed by atoms with Gasteiger partial charge in [-0.2, -0.15) is 0 Å². The van der Waals surface area contributed by atoms with Crippen LogP contribution < -0.4 is 16.0 Å². The smallest absolute Gasteiger partial charge is 0.234 e. The molecule has 0 aromatic carbocycles. The fraction of sp³-hybridized carbons (Fsp3) is 0.846. The van der Waals surface area contributed by atoms with Crippen LogP contribution in [-0.2, 0) is 9.59 Å². The number of rotatable bonds is 6. The predicted octanol–water partition coefficient (Wildman–Crippen LogP) is -0.689. The van der Waals surface area contributed by atoms with Gasteiger partial charge < -0.3 is 16.0 Å². The molecule has 1 aliphatic rings. The second kappa shape index (κ2) is 8.12. The Kier molecular flexibility index (Phi) is 6.80. The highest BCUT2D eigenvalue weighted by Crippen LogP contribution is 2.09. The van der Waals surface area contributed by atoms with Gasteiger partial charge in [-0.3, -0.25) is 14.5 Å². The summed E-state index contributed by atoms with van der Waals surface area (Å²) in [6.07, 6.45) is 1.81. The number of hydrogen-bond donors (Lipinski definition) is 3. The van der Waals surface area contributed by atoms with Crippen LogP contribution in [0.15, 0.2) is 0 Å². The van der Waals surface area contributed by atoms with Crippen molar-refractivity contribution in [2.45, 2.75) is 38.8 Å². The Morgan fingerprint density at radius 3 is 2.37 bits per heavy atom. The van der Waals surface area contributed by atoms with Crippen LogP contribution in [0.25, 0.3) is 0 Å². The molecule has 6 nitrogen and oxygen atoms in total. The van der Waals surface area contributed by atoms with Crippen molar-refractivity contribution in [3.8, 4) is 0 Å². The van der Waals surface area contributed by atoms with Crippen molar-refractivity contribution in [2.24, 2.45) is 0 Å². The van der Waals surface area contributed by atoms with Crippen LogP contribution in [0.1, 0.15) is 26.7 Å². The van der Waals surface area contributed by atoms with E-state index in [2.05, 4.69) is 20.9 Å². The van der Waals surface area contributed by atoms with Gasteiger partial charge in [0, 0.05) is 32.2 Å². The predicted molar refractivity (Wildman–Crippen MR) is 74.8 cm³/mol. The highest BCUT2D eigenvalue weighted by molar-refractivity contribution is 5.78. The van der Waals surface area contributed by atoms with Crippen LogP contribution in [0.3, 0.4) is 0 Å². The molecule has 1 rings (SSSR count). The molecule has 0 aromatic heterocycles. The van der Waals surface area contributed by atoms with E-state index in [0.29, 0.717) is 19.1 Å². The second-order valence-electron chi connectivity index (χ2n) is 5.33. The van der Waals surface area contributed by atoms with Crippen molar-refractivity contribution in [3.05, 3.63) is 0 Å². The van der Waals surface area contributed by atoms with E-state index in [9.17, 15) is 9.59 Å². The lowest BCUT2D eigenvalue weighted by molar-refractivity contribution is -0.123. The highest BCUT2D eigenvalue weighted by atomic mass is 16.2.